The molecule has 19 heavy (non-hydrogen) atoms. The number of nitro benzene ring substituents is 1. The van der Waals surface area contributed by atoms with Gasteiger partial charge < -0.3 is 10.4 Å². The Balaban J connectivity index is 3.06. The molecule has 0 aliphatic carbocycles. The summed E-state index contributed by atoms with van der Waals surface area (Å²) >= 11 is 5.31. The fraction of sp³-hybridized carbons (Fsp3) is 0.400. The van der Waals surface area contributed by atoms with Gasteiger partial charge in [0.05, 0.1) is 22.5 Å². The largest absolute Gasteiger partial charge is 0.418 e. The maximum atomic E-state index is 12.7. The van der Waals surface area contributed by atoms with Gasteiger partial charge in [0.25, 0.3) is 5.69 Å². The van der Waals surface area contributed by atoms with Crippen LogP contribution in [0.25, 0.3) is 0 Å². The third-order valence-corrected chi connectivity index (χ3v) is 2.58. The van der Waals surface area contributed by atoms with E-state index in [1.807, 2.05) is 0 Å². The molecule has 0 bridgehead atoms. The highest BCUT2D eigenvalue weighted by Gasteiger charge is 2.35. The Bertz CT molecular complexity index is 468. The van der Waals surface area contributed by atoms with Gasteiger partial charge in [0.15, 0.2) is 0 Å². The number of hydrogen-bond donors (Lipinski definition) is 2. The van der Waals surface area contributed by atoms with Crippen LogP contribution < -0.4 is 5.32 Å². The van der Waals surface area contributed by atoms with Crippen molar-refractivity contribution >= 4 is 23.0 Å². The lowest BCUT2D eigenvalue weighted by Gasteiger charge is -2.15. The van der Waals surface area contributed by atoms with Crippen LogP contribution in [0.2, 0.25) is 0 Å². The van der Waals surface area contributed by atoms with Gasteiger partial charge in [-0.15, -0.1) is 11.6 Å². The molecule has 1 aromatic rings. The summed E-state index contributed by atoms with van der Waals surface area (Å²) in [4.78, 5) is 9.55. The summed E-state index contributed by atoms with van der Waals surface area (Å²) in [6, 6.07) is 2.34. The number of aliphatic hydroxyl groups excluding tert-OH is 1. The van der Waals surface area contributed by atoms with Gasteiger partial charge in [0.1, 0.15) is 0 Å². The predicted octanol–water partition coefficient (Wildman–Crippen LogP) is 2.63. The predicted molar refractivity (Wildman–Crippen MR) is 63.3 cm³/mol. The normalized spacial score (nSPS) is 13.1. The van der Waals surface area contributed by atoms with Crippen LogP contribution in [0.5, 0.6) is 0 Å². The van der Waals surface area contributed by atoms with Crippen molar-refractivity contribution < 1.29 is 23.2 Å². The van der Waals surface area contributed by atoms with Gasteiger partial charge in [0.2, 0.25) is 0 Å². The van der Waals surface area contributed by atoms with E-state index in [9.17, 15) is 28.4 Å². The van der Waals surface area contributed by atoms with Gasteiger partial charge in [-0.1, -0.05) is 0 Å². The molecule has 0 aliphatic heterocycles. The minimum atomic E-state index is -4.74. The van der Waals surface area contributed by atoms with Crippen LogP contribution in [0.15, 0.2) is 18.2 Å². The maximum absolute atomic E-state index is 12.7. The van der Waals surface area contributed by atoms with Crippen molar-refractivity contribution in [3.8, 4) is 0 Å². The Morgan fingerprint density at radius 3 is 2.58 bits per heavy atom. The van der Waals surface area contributed by atoms with Crippen LogP contribution in [-0.2, 0) is 6.18 Å². The molecule has 0 spiro atoms. The average Bonchev–Trinajstić information content (AvgIpc) is 2.34. The van der Waals surface area contributed by atoms with Crippen molar-refractivity contribution in [2.45, 2.75) is 12.3 Å². The molecule has 0 amide bonds. The molecular formula is C10H10ClF3N2O3. The number of nitrogens with one attached hydrogen (secondary N) is 1. The summed E-state index contributed by atoms with van der Waals surface area (Å²) in [6.07, 6.45) is -5.75. The third kappa shape index (κ3) is 4.25. The average molecular weight is 299 g/mol. The number of benzene rings is 1. The van der Waals surface area contributed by atoms with Crippen molar-refractivity contribution in [2.75, 3.05) is 17.7 Å². The summed E-state index contributed by atoms with van der Waals surface area (Å²) in [5, 5.41) is 22.0. The Morgan fingerprint density at radius 2 is 2.11 bits per heavy atom. The van der Waals surface area contributed by atoms with Gasteiger partial charge >= 0.3 is 6.18 Å². The Kier molecular flexibility index (Phi) is 4.96. The molecule has 0 fully saturated rings. The Morgan fingerprint density at radius 1 is 1.47 bits per heavy atom. The second kappa shape index (κ2) is 6.07. The highest BCUT2D eigenvalue weighted by molar-refractivity contribution is 6.18. The zero-order chi connectivity index (χ0) is 14.6. The highest BCUT2D eigenvalue weighted by Crippen LogP contribution is 2.37. The second-order valence-corrected chi connectivity index (χ2v) is 3.98. The monoisotopic (exact) mass is 298 g/mol. The van der Waals surface area contributed by atoms with Crippen molar-refractivity contribution in [3.05, 3.63) is 33.9 Å². The third-order valence-electron chi connectivity index (χ3n) is 2.23. The SMILES string of the molecule is O=[N+]([O-])c1ccc(NCC(O)CCl)c(C(F)(F)F)c1. The van der Waals surface area contributed by atoms with Crippen molar-refractivity contribution in [1.82, 2.24) is 0 Å². The van der Waals surface area contributed by atoms with E-state index in [2.05, 4.69) is 5.32 Å². The maximum Gasteiger partial charge on any atom is 0.418 e. The van der Waals surface area contributed by atoms with Gasteiger partial charge in [-0.3, -0.25) is 10.1 Å². The molecule has 106 valence electrons. The van der Waals surface area contributed by atoms with Gasteiger partial charge in [-0.2, -0.15) is 13.2 Å². The van der Waals surface area contributed by atoms with E-state index in [4.69, 9.17) is 11.6 Å². The lowest BCUT2D eigenvalue weighted by Crippen LogP contribution is -2.22. The van der Waals surface area contributed by atoms with Gasteiger partial charge in [0, 0.05) is 24.4 Å². The second-order valence-electron chi connectivity index (χ2n) is 3.67. The summed E-state index contributed by atoms with van der Waals surface area (Å²) in [5.41, 5.74) is -2.17. The molecular weight excluding hydrogens is 289 g/mol. The standard InChI is InChI=1S/C10H10ClF3N2O3/c11-4-7(17)5-15-9-2-1-6(16(18)19)3-8(9)10(12,13)14/h1-3,7,15,17H,4-5H2. The number of nitrogens with zero attached hydrogens (tertiary/aromatic N) is 1. The summed E-state index contributed by atoms with van der Waals surface area (Å²) in [6.45, 7) is -0.190. The summed E-state index contributed by atoms with van der Waals surface area (Å²) < 4.78 is 38.2. The molecule has 0 saturated carbocycles. The van der Waals surface area contributed by atoms with E-state index < -0.39 is 28.5 Å². The van der Waals surface area contributed by atoms with E-state index in [1.54, 1.807) is 0 Å². The van der Waals surface area contributed by atoms with E-state index in [0.717, 1.165) is 12.1 Å². The fourth-order valence-electron chi connectivity index (χ4n) is 1.32. The molecule has 2 N–H and O–H groups in total. The van der Waals surface area contributed by atoms with Crippen LogP contribution in [0, 0.1) is 10.1 Å². The first kappa shape index (κ1) is 15.5. The van der Waals surface area contributed by atoms with E-state index in [1.165, 1.54) is 0 Å². The first-order chi connectivity index (χ1) is 8.75. The Hall–Kier alpha value is -1.54. The topological polar surface area (TPSA) is 75.4 Å². The zero-order valence-electron chi connectivity index (χ0n) is 9.45. The number of non-ortho nitro benzene ring substituents is 1. The van der Waals surface area contributed by atoms with Crippen molar-refractivity contribution in [2.24, 2.45) is 0 Å². The minimum absolute atomic E-state index is 0.138. The van der Waals surface area contributed by atoms with E-state index in [-0.39, 0.29) is 18.1 Å². The lowest BCUT2D eigenvalue weighted by molar-refractivity contribution is -0.385. The summed E-state index contributed by atoms with van der Waals surface area (Å²) in [7, 11) is 0. The number of halogens is 4. The highest BCUT2D eigenvalue weighted by atomic mass is 35.5. The summed E-state index contributed by atoms with van der Waals surface area (Å²) in [5.74, 6) is -0.138. The van der Waals surface area contributed by atoms with Crippen molar-refractivity contribution in [3.63, 3.8) is 0 Å². The van der Waals surface area contributed by atoms with Gasteiger partial charge in [-0.25, -0.2) is 0 Å². The molecule has 0 aliphatic rings. The molecule has 0 saturated heterocycles. The molecule has 0 aromatic heterocycles. The number of hydrogen-bond acceptors (Lipinski definition) is 4. The van der Waals surface area contributed by atoms with Crippen LogP contribution in [-0.4, -0.2) is 28.6 Å². The number of anilines is 1. The molecule has 1 unspecified atom stereocenters. The van der Waals surface area contributed by atoms with Crippen LogP contribution in [0.1, 0.15) is 5.56 Å². The number of nitro groups is 1. The molecule has 1 atom stereocenters. The van der Waals surface area contributed by atoms with Gasteiger partial charge in [-0.05, 0) is 6.07 Å². The molecule has 1 rings (SSSR count). The lowest BCUT2D eigenvalue weighted by atomic mass is 10.1. The Labute approximate surface area is 111 Å². The molecule has 0 radical (unpaired) electrons. The first-order valence-corrected chi connectivity index (χ1v) is 5.62. The molecule has 1 aromatic carbocycles. The van der Waals surface area contributed by atoms with Crippen LogP contribution in [0.3, 0.4) is 0 Å². The number of alkyl halides is 4. The minimum Gasteiger partial charge on any atom is -0.390 e. The van der Waals surface area contributed by atoms with Crippen LogP contribution >= 0.6 is 11.6 Å². The molecule has 0 heterocycles. The van der Waals surface area contributed by atoms with Crippen molar-refractivity contribution in [1.29, 1.82) is 0 Å². The molecule has 5 nitrogen and oxygen atoms in total. The quantitative estimate of drug-likeness (QED) is 0.498. The fourth-order valence-corrected chi connectivity index (χ4v) is 1.43. The van der Waals surface area contributed by atoms with E-state index in [0.29, 0.717) is 6.07 Å². The van der Waals surface area contributed by atoms with Crippen LogP contribution in [0.4, 0.5) is 24.5 Å². The zero-order valence-corrected chi connectivity index (χ0v) is 10.2. The molecule has 9 heteroatoms. The van der Waals surface area contributed by atoms with E-state index >= 15 is 0 Å². The smallest absolute Gasteiger partial charge is 0.390 e. The first-order valence-electron chi connectivity index (χ1n) is 5.09. The number of aliphatic hydroxyl groups is 1. The number of rotatable bonds is 5.